The highest BCUT2D eigenvalue weighted by molar-refractivity contribution is 5.94. The lowest BCUT2D eigenvalue weighted by Gasteiger charge is -2.25. The molecule has 0 atom stereocenters. The number of aryl methyl sites for hydroxylation is 1. The maximum atomic E-state index is 11.1. The highest BCUT2D eigenvalue weighted by atomic mass is 16.4. The predicted octanol–water partition coefficient (Wildman–Crippen LogP) is 2.69. The number of rotatable bonds is 5. The lowest BCUT2D eigenvalue weighted by molar-refractivity contribution is 0.0697. The third-order valence-corrected chi connectivity index (χ3v) is 3.44. The molecule has 0 unspecified atom stereocenters. The van der Waals surface area contributed by atoms with Crippen LogP contribution < -0.4 is 5.32 Å². The molecule has 0 aliphatic heterocycles. The molecule has 0 saturated heterocycles. The van der Waals surface area contributed by atoms with Crippen LogP contribution in [0.25, 0.3) is 0 Å². The van der Waals surface area contributed by atoms with Gasteiger partial charge in [0.25, 0.3) is 0 Å². The average Bonchev–Trinajstić information content (AvgIpc) is 2.21. The molecule has 17 heavy (non-hydrogen) atoms. The summed E-state index contributed by atoms with van der Waals surface area (Å²) in [5, 5.41) is 12.3. The Balaban J connectivity index is 1.98. The minimum Gasteiger partial charge on any atom is -0.478 e. The van der Waals surface area contributed by atoms with E-state index in [1.807, 2.05) is 0 Å². The number of anilines is 1. The van der Waals surface area contributed by atoms with Crippen molar-refractivity contribution in [2.75, 3.05) is 11.9 Å². The Hall–Kier alpha value is -1.58. The minimum absolute atomic E-state index is 0.293. The molecule has 1 heterocycles. The third-order valence-electron chi connectivity index (χ3n) is 3.44. The van der Waals surface area contributed by atoms with Crippen molar-refractivity contribution in [3.05, 3.63) is 23.4 Å². The molecule has 1 fully saturated rings. The van der Waals surface area contributed by atoms with Crippen molar-refractivity contribution in [2.45, 2.75) is 32.6 Å². The van der Waals surface area contributed by atoms with Crippen LogP contribution in [-0.2, 0) is 0 Å². The molecule has 0 amide bonds. The smallest absolute Gasteiger partial charge is 0.339 e. The SMILES string of the molecule is Cc1ccnc(NCCC2CCC2)c1C(=O)O. The molecule has 0 radical (unpaired) electrons. The van der Waals surface area contributed by atoms with Crippen LogP contribution in [0.2, 0.25) is 0 Å². The topological polar surface area (TPSA) is 62.2 Å². The van der Waals surface area contributed by atoms with Crippen LogP contribution in [0, 0.1) is 12.8 Å². The lowest BCUT2D eigenvalue weighted by atomic mass is 9.83. The van der Waals surface area contributed by atoms with E-state index in [-0.39, 0.29) is 0 Å². The highest BCUT2D eigenvalue weighted by Crippen LogP contribution is 2.29. The Morgan fingerprint density at radius 2 is 2.35 bits per heavy atom. The van der Waals surface area contributed by atoms with E-state index in [4.69, 9.17) is 5.11 Å². The maximum Gasteiger partial charge on any atom is 0.339 e. The Morgan fingerprint density at radius 3 is 2.94 bits per heavy atom. The van der Waals surface area contributed by atoms with Gasteiger partial charge in [-0.05, 0) is 30.9 Å². The first-order valence-electron chi connectivity index (χ1n) is 6.11. The maximum absolute atomic E-state index is 11.1. The van der Waals surface area contributed by atoms with Gasteiger partial charge < -0.3 is 10.4 Å². The van der Waals surface area contributed by atoms with Gasteiger partial charge in [-0.15, -0.1) is 0 Å². The van der Waals surface area contributed by atoms with E-state index in [9.17, 15) is 4.79 Å². The quantitative estimate of drug-likeness (QED) is 0.822. The van der Waals surface area contributed by atoms with E-state index >= 15 is 0 Å². The molecule has 4 heteroatoms. The Morgan fingerprint density at radius 1 is 1.59 bits per heavy atom. The van der Waals surface area contributed by atoms with Crippen LogP contribution >= 0.6 is 0 Å². The number of nitrogens with zero attached hydrogens (tertiary/aromatic N) is 1. The van der Waals surface area contributed by atoms with Crippen molar-refractivity contribution in [3.8, 4) is 0 Å². The van der Waals surface area contributed by atoms with E-state index in [2.05, 4.69) is 10.3 Å². The summed E-state index contributed by atoms with van der Waals surface area (Å²) in [6, 6.07) is 1.72. The van der Waals surface area contributed by atoms with Crippen molar-refractivity contribution < 1.29 is 9.90 Å². The molecule has 0 spiro atoms. The molecule has 4 nitrogen and oxygen atoms in total. The van der Waals surface area contributed by atoms with Crippen molar-refractivity contribution in [3.63, 3.8) is 0 Å². The van der Waals surface area contributed by atoms with Crippen LogP contribution in [0.3, 0.4) is 0 Å². The largest absolute Gasteiger partial charge is 0.478 e. The van der Waals surface area contributed by atoms with Crippen LogP contribution in [0.15, 0.2) is 12.3 Å². The molecular weight excluding hydrogens is 216 g/mol. The van der Waals surface area contributed by atoms with Gasteiger partial charge >= 0.3 is 5.97 Å². The predicted molar refractivity (Wildman–Crippen MR) is 66.4 cm³/mol. The Bertz CT molecular complexity index is 414. The molecule has 1 aromatic heterocycles. The Kier molecular flexibility index (Phi) is 3.61. The number of nitrogens with one attached hydrogen (secondary N) is 1. The zero-order valence-corrected chi connectivity index (χ0v) is 10.1. The number of aromatic nitrogens is 1. The van der Waals surface area contributed by atoms with Crippen LogP contribution in [0.5, 0.6) is 0 Å². The molecule has 0 bridgehead atoms. The van der Waals surface area contributed by atoms with Gasteiger partial charge in [-0.1, -0.05) is 19.3 Å². The van der Waals surface area contributed by atoms with Crippen molar-refractivity contribution in [1.29, 1.82) is 0 Å². The van der Waals surface area contributed by atoms with E-state index in [0.717, 1.165) is 24.4 Å². The average molecular weight is 234 g/mol. The van der Waals surface area contributed by atoms with E-state index in [1.165, 1.54) is 19.3 Å². The van der Waals surface area contributed by atoms with E-state index in [1.54, 1.807) is 19.2 Å². The highest BCUT2D eigenvalue weighted by Gasteiger charge is 2.18. The first-order valence-corrected chi connectivity index (χ1v) is 6.11. The lowest BCUT2D eigenvalue weighted by Crippen LogP contribution is -2.17. The molecule has 2 rings (SSSR count). The molecule has 92 valence electrons. The van der Waals surface area contributed by atoms with Crippen LogP contribution in [-0.4, -0.2) is 22.6 Å². The number of carbonyl (C=O) groups is 1. The first-order chi connectivity index (χ1) is 8.18. The van der Waals surface area contributed by atoms with Gasteiger partial charge in [0.2, 0.25) is 0 Å². The number of hydrogen-bond acceptors (Lipinski definition) is 3. The van der Waals surface area contributed by atoms with Gasteiger partial charge in [-0.2, -0.15) is 0 Å². The fourth-order valence-electron chi connectivity index (χ4n) is 2.14. The van der Waals surface area contributed by atoms with E-state index in [0.29, 0.717) is 11.4 Å². The minimum atomic E-state index is -0.915. The van der Waals surface area contributed by atoms with Crippen molar-refractivity contribution in [1.82, 2.24) is 4.98 Å². The summed E-state index contributed by atoms with van der Waals surface area (Å²) >= 11 is 0. The summed E-state index contributed by atoms with van der Waals surface area (Å²) in [6.07, 6.45) is 6.72. The zero-order chi connectivity index (χ0) is 12.3. The van der Waals surface area contributed by atoms with Gasteiger partial charge in [0.1, 0.15) is 11.4 Å². The zero-order valence-electron chi connectivity index (χ0n) is 10.1. The van der Waals surface area contributed by atoms with Gasteiger partial charge in [0, 0.05) is 12.7 Å². The summed E-state index contributed by atoms with van der Waals surface area (Å²) in [5.41, 5.74) is 1.04. The number of pyridine rings is 1. The summed E-state index contributed by atoms with van der Waals surface area (Å²) in [5.74, 6) is 0.402. The van der Waals surface area contributed by atoms with Crippen LogP contribution in [0.1, 0.15) is 41.6 Å². The molecule has 1 aliphatic rings. The summed E-state index contributed by atoms with van der Waals surface area (Å²) in [7, 11) is 0. The van der Waals surface area contributed by atoms with Crippen molar-refractivity contribution >= 4 is 11.8 Å². The molecular formula is C13H18N2O2. The number of hydrogen-bond donors (Lipinski definition) is 2. The summed E-state index contributed by atoms with van der Waals surface area (Å²) in [4.78, 5) is 15.2. The normalized spacial score (nSPS) is 15.4. The second-order valence-corrected chi connectivity index (χ2v) is 4.67. The molecule has 1 aromatic rings. The first kappa shape index (κ1) is 11.9. The monoisotopic (exact) mass is 234 g/mol. The van der Waals surface area contributed by atoms with Crippen molar-refractivity contribution in [2.24, 2.45) is 5.92 Å². The number of aromatic carboxylic acids is 1. The number of carboxylic acid groups (broad SMARTS) is 1. The molecule has 1 aliphatic carbocycles. The van der Waals surface area contributed by atoms with Gasteiger partial charge in [0.15, 0.2) is 0 Å². The second-order valence-electron chi connectivity index (χ2n) is 4.67. The third kappa shape index (κ3) is 2.75. The van der Waals surface area contributed by atoms with Gasteiger partial charge in [0.05, 0.1) is 0 Å². The number of carboxylic acids is 1. The van der Waals surface area contributed by atoms with Gasteiger partial charge in [-0.25, -0.2) is 9.78 Å². The fourth-order valence-corrected chi connectivity index (χ4v) is 2.14. The van der Waals surface area contributed by atoms with Crippen LogP contribution in [0.4, 0.5) is 5.82 Å². The molecule has 0 aromatic carbocycles. The second kappa shape index (κ2) is 5.17. The van der Waals surface area contributed by atoms with E-state index < -0.39 is 5.97 Å². The van der Waals surface area contributed by atoms with Gasteiger partial charge in [-0.3, -0.25) is 0 Å². The summed E-state index contributed by atoms with van der Waals surface area (Å²) < 4.78 is 0. The molecule has 2 N–H and O–H groups in total. The standard InChI is InChI=1S/C13H18N2O2/c1-9-5-7-14-12(11(9)13(16)17)15-8-6-10-3-2-4-10/h5,7,10H,2-4,6,8H2,1H3,(H,14,15)(H,16,17). The Labute approximate surface area is 101 Å². The molecule has 1 saturated carbocycles. The summed E-state index contributed by atoms with van der Waals surface area (Å²) in [6.45, 7) is 2.60. The fraction of sp³-hybridized carbons (Fsp3) is 0.538.